The van der Waals surface area contributed by atoms with Gasteiger partial charge in [-0.2, -0.15) is 0 Å². The Bertz CT molecular complexity index is 387. The van der Waals surface area contributed by atoms with Gasteiger partial charge in [0.1, 0.15) is 0 Å². The summed E-state index contributed by atoms with van der Waals surface area (Å²) in [6, 6.07) is 0. The molecule has 0 spiro atoms. The van der Waals surface area contributed by atoms with Crippen LogP contribution in [0.5, 0.6) is 0 Å². The van der Waals surface area contributed by atoms with Crippen LogP contribution in [0.1, 0.15) is 117 Å². The number of rotatable bonds is 18. The third-order valence-corrected chi connectivity index (χ3v) is 6.26. The molecule has 0 amide bonds. The molecule has 0 heterocycles. The van der Waals surface area contributed by atoms with Gasteiger partial charge >= 0.3 is 29.6 Å². The first-order chi connectivity index (χ1) is 11.9. The van der Waals surface area contributed by atoms with Gasteiger partial charge in [-0.1, -0.05) is 90.9 Å². The second-order valence-electron chi connectivity index (χ2n) is 7.46. The molecule has 0 aromatic rings. The van der Waals surface area contributed by atoms with Crippen LogP contribution in [0.15, 0.2) is 0 Å². The van der Waals surface area contributed by atoms with Crippen molar-refractivity contribution in [3.8, 4) is 0 Å². The van der Waals surface area contributed by atoms with E-state index >= 15 is 0 Å². The van der Waals surface area contributed by atoms with E-state index in [2.05, 4.69) is 13.8 Å². The van der Waals surface area contributed by atoms with E-state index in [1.807, 2.05) is 0 Å². The molecule has 0 aliphatic carbocycles. The Balaban J connectivity index is 0. The molecule has 152 valence electrons. The largest absolute Gasteiger partial charge is 1.00 e. The molecule has 0 bridgehead atoms. The second-order valence-corrected chi connectivity index (χ2v) is 9.11. The Morgan fingerprint density at radius 3 is 1.54 bits per heavy atom. The van der Waals surface area contributed by atoms with Crippen LogP contribution < -0.4 is 29.6 Å². The van der Waals surface area contributed by atoms with Crippen LogP contribution in [0, 0.1) is 0 Å². The van der Waals surface area contributed by atoms with Crippen LogP contribution in [0.2, 0.25) is 0 Å². The number of aliphatic hydroxyl groups is 1. The zero-order chi connectivity index (χ0) is 19.0. The van der Waals surface area contributed by atoms with Gasteiger partial charge in [0, 0.05) is 5.25 Å². The van der Waals surface area contributed by atoms with E-state index in [-0.39, 0.29) is 35.7 Å². The van der Waals surface area contributed by atoms with Crippen molar-refractivity contribution in [2.45, 2.75) is 128 Å². The van der Waals surface area contributed by atoms with Crippen molar-refractivity contribution in [1.29, 1.82) is 0 Å². The Morgan fingerprint density at radius 2 is 1.12 bits per heavy atom. The Hall–Kier alpha value is 0.870. The van der Waals surface area contributed by atoms with E-state index in [0.29, 0.717) is 12.8 Å². The first kappa shape index (κ1) is 29.1. The van der Waals surface area contributed by atoms with E-state index in [1.165, 1.54) is 25.7 Å². The van der Waals surface area contributed by atoms with Gasteiger partial charge in [-0.25, -0.2) is 8.42 Å². The van der Waals surface area contributed by atoms with E-state index in [9.17, 15) is 18.1 Å². The summed E-state index contributed by atoms with van der Waals surface area (Å²) in [5.41, 5.74) is 0. The number of hydrogen-bond acceptors (Lipinski definition) is 4. The zero-order valence-electron chi connectivity index (χ0n) is 17.5. The maximum Gasteiger partial charge on any atom is 1.00 e. The van der Waals surface area contributed by atoms with Gasteiger partial charge in [0.2, 0.25) is 0 Å². The minimum atomic E-state index is -4.13. The molecule has 1 N–H and O–H groups in total. The summed E-state index contributed by atoms with van der Waals surface area (Å²) in [4.78, 5) is 0. The summed E-state index contributed by atoms with van der Waals surface area (Å²) in [5, 5.41) is 8.98. The predicted molar refractivity (Wildman–Crippen MR) is 105 cm³/mol. The Kier molecular flexibility index (Phi) is 21.5. The van der Waals surface area contributed by atoms with E-state index in [4.69, 9.17) is 0 Å². The van der Waals surface area contributed by atoms with Gasteiger partial charge < -0.3 is 9.66 Å². The predicted octanol–water partition coefficient (Wildman–Crippen LogP) is 2.55. The van der Waals surface area contributed by atoms with Gasteiger partial charge in [0.05, 0.1) is 16.2 Å². The fourth-order valence-corrected chi connectivity index (χ4v) is 4.26. The number of unbranched alkanes of at least 4 members (excludes halogenated alkanes) is 9. The van der Waals surface area contributed by atoms with Crippen LogP contribution in [0.3, 0.4) is 0 Å². The van der Waals surface area contributed by atoms with Crippen LogP contribution in [-0.2, 0) is 10.1 Å². The molecule has 0 saturated heterocycles. The fraction of sp³-hybridized carbons (Fsp3) is 1.00. The molecule has 0 aromatic heterocycles. The molecular formula is C20H41NaO4S. The SMILES string of the molecule is CCCCCC(CCCCCCCCCCC(O)CCC)S(=O)(=O)[O-].[Na+]. The van der Waals surface area contributed by atoms with Crippen LogP contribution in [0.25, 0.3) is 0 Å². The van der Waals surface area contributed by atoms with E-state index < -0.39 is 15.4 Å². The Labute approximate surface area is 185 Å². The zero-order valence-corrected chi connectivity index (χ0v) is 20.4. The maximum absolute atomic E-state index is 11.3. The summed E-state index contributed by atoms with van der Waals surface area (Å²) in [5.74, 6) is 0. The van der Waals surface area contributed by atoms with Crippen molar-refractivity contribution in [2.75, 3.05) is 0 Å². The van der Waals surface area contributed by atoms with Crippen LogP contribution in [-0.4, -0.2) is 29.4 Å². The summed E-state index contributed by atoms with van der Waals surface area (Å²) in [6.07, 6.45) is 15.6. The summed E-state index contributed by atoms with van der Waals surface area (Å²) < 4.78 is 33.9. The maximum atomic E-state index is 11.3. The fourth-order valence-electron chi connectivity index (χ4n) is 3.35. The first-order valence-corrected chi connectivity index (χ1v) is 12.0. The molecule has 2 atom stereocenters. The second kappa shape index (κ2) is 19.2. The quantitative estimate of drug-likeness (QED) is 0.218. The molecule has 0 aliphatic heterocycles. The molecule has 4 nitrogen and oxygen atoms in total. The summed E-state index contributed by atoms with van der Waals surface area (Å²) >= 11 is 0. The van der Waals surface area contributed by atoms with Crippen molar-refractivity contribution < 1.29 is 47.6 Å². The van der Waals surface area contributed by atoms with Crippen LogP contribution >= 0.6 is 0 Å². The molecule has 0 rings (SSSR count). The average Bonchev–Trinajstić information content (AvgIpc) is 2.54. The molecule has 0 fully saturated rings. The van der Waals surface area contributed by atoms with Crippen molar-refractivity contribution in [3.63, 3.8) is 0 Å². The molecular weight excluding hydrogens is 359 g/mol. The van der Waals surface area contributed by atoms with Gasteiger partial charge in [0.15, 0.2) is 0 Å². The van der Waals surface area contributed by atoms with Crippen LogP contribution in [0.4, 0.5) is 0 Å². The summed E-state index contributed by atoms with van der Waals surface area (Å²) in [6.45, 7) is 4.18. The van der Waals surface area contributed by atoms with Gasteiger partial charge in [-0.15, -0.1) is 0 Å². The third kappa shape index (κ3) is 18.2. The number of aliphatic hydroxyl groups excluding tert-OH is 1. The molecule has 2 unspecified atom stereocenters. The standard InChI is InChI=1S/C20H42O4S.Na/c1-3-5-12-17-20(25(22,23)24)18-14-11-9-7-6-8-10-13-16-19(21)15-4-2;/h19-21H,3-18H2,1-2H3,(H,22,23,24);/q;+1/p-1. The third-order valence-electron chi connectivity index (χ3n) is 4.97. The van der Waals surface area contributed by atoms with E-state index in [0.717, 1.165) is 64.2 Å². The minimum absolute atomic E-state index is 0. The smallest absolute Gasteiger partial charge is 0.748 e. The minimum Gasteiger partial charge on any atom is -0.748 e. The average molecular weight is 401 g/mol. The topological polar surface area (TPSA) is 77.4 Å². The van der Waals surface area contributed by atoms with Crippen molar-refractivity contribution in [3.05, 3.63) is 0 Å². The van der Waals surface area contributed by atoms with Gasteiger partial charge in [-0.3, -0.25) is 0 Å². The molecule has 6 heteroatoms. The molecule has 0 radical (unpaired) electrons. The Morgan fingerprint density at radius 1 is 0.692 bits per heavy atom. The molecule has 0 aliphatic rings. The first-order valence-electron chi connectivity index (χ1n) is 10.5. The summed E-state index contributed by atoms with van der Waals surface area (Å²) in [7, 11) is -4.13. The molecule has 26 heavy (non-hydrogen) atoms. The van der Waals surface area contributed by atoms with Crippen molar-refractivity contribution >= 4 is 10.1 Å². The van der Waals surface area contributed by atoms with Gasteiger partial charge in [-0.05, 0) is 25.7 Å². The van der Waals surface area contributed by atoms with Crippen molar-refractivity contribution in [1.82, 2.24) is 0 Å². The molecule has 0 aromatic carbocycles. The number of hydrogen-bond donors (Lipinski definition) is 1. The molecule has 0 saturated carbocycles. The monoisotopic (exact) mass is 400 g/mol. The normalized spacial score (nSPS) is 14.0. The van der Waals surface area contributed by atoms with Gasteiger partial charge in [0.25, 0.3) is 0 Å². The van der Waals surface area contributed by atoms with E-state index in [1.54, 1.807) is 0 Å². The van der Waals surface area contributed by atoms with Crippen molar-refractivity contribution in [2.24, 2.45) is 0 Å².